The first-order valence-corrected chi connectivity index (χ1v) is 5.32. The van der Waals surface area contributed by atoms with E-state index in [1.54, 1.807) is 18.2 Å². The normalized spacial score (nSPS) is 10.1. The van der Waals surface area contributed by atoms with Crippen molar-refractivity contribution < 1.29 is 9.90 Å². The van der Waals surface area contributed by atoms with Crippen molar-refractivity contribution in [2.45, 2.75) is 6.42 Å². The Balaban J connectivity index is 2.35. The van der Waals surface area contributed by atoms with E-state index in [1.165, 1.54) is 0 Å². The van der Waals surface area contributed by atoms with Gasteiger partial charge in [0.05, 0.1) is 6.42 Å². The molecule has 3 N–H and O–H groups in total. The molecule has 0 aromatic heterocycles. The Hall–Kier alpha value is -2.29. The average molecular weight is 227 g/mol. The zero-order valence-corrected chi connectivity index (χ0v) is 9.26. The van der Waals surface area contributed by atoms with Crippen LogP contribution in [0.25, 0.3) is 11.1 Å². The molecule has 0 aliphatic rings. The summed E-state index contributed by atoms with van der Waals surface area (Å²) in [6.07, 6.45) is 0.141. The van der Waals surface area contributed by atoms with Gasteiger partial charge in [0.15, 0.2) is 0 Å². The minimum Gasteiger partial charge on any atom is -0.507 e. The number of carbonyl (C=O) groups excluding carboxylic acids is 1. The van der Waals surface area contributed by atoms with Crippen LogP contribution >= 0.6 is 0 Å². The van der Waals surface area contributed by atoms with Crippen LogP contribution in [0, 0.1) is 0 Å². The minimum absolute atomic E-state index is 0.141. The van der Waals surface area contributed by atoms with Crippen molar-refractivity contribution >= 4 is 5.91 Å². The molecule has 0 saturated heterocycles. The van der Waals surface area contributed by atoms with E-state index in [9.17, 15) is 9.90 Å². The smallest absolute Gasteiger partial charge is 0.221 e. The quantitative estimate of drug-likeness (QED) is 0.843. The Morgan fingerprint density at radius 3 is 2.41 bits per heavy atom. The summed E-state index contributed by atoms with van der Waals surface area (Å²) in [4.78, 5) is 10.8. The second-order valence-corrected chi connectivity index (χ2v) is 3.86. The lowest BCUT2D eigenvalue weighted by Gasteiger charge is -2.06. The number of aromatic hydroxyl groups is 1. The first-order chi connectivity index (χ1) is 8.16. The molecular weight excluding hydrogens is 214 g/mol. The van der Waals surface area contributed by atoms with Crippen molar-refractivity contribution in [2.24, 2.45) is 5.73 Å². The van der Waals surface area contributed by atoms with Gasteiger partial charge in [0, 0.05) is 5.56 Å². The predicted molar refractivity (Wildman–Crippen MR) is 66.4 cm³/mol. The molecule has 0 fully saturated rings. The Morgan fingerprint density at radius 1 is 1.12 bits per heavy atom. The molecule has 0 aliphatic heterocycles. The maximum Gasteiger partial charge on any atom is 0.221 e. The third kappa shape index (κ3) is 2.64. The van der Waals surface area contributed by atoms with Gasteiger partial charge >= 0.3 is 0 Å². The molecule has 0 atom stereocenters. The van der Waals surface area contributed by atoms with Gasteiger partial charge in [-0.25, -0.2) is 0 Å². The molecule has 2 aromatic carbocycles. The van der Waals surface area contributed by atoms with Crippen LogP contribution in [0.4, 0.5) is 0 Å². The highest BCUT2D eigenvalue weighted by atomic mass is 16.3. The highest BCUT2D eigenvalue weighted by Gasteiger charge is 2.06. The fraction of sp³-hybridized carbons (Fsp3) is 0.0714. The number of amides is 1. The van der Waals surface area contributed by atoms with Crippen molar-refractivity contribution in [3.8, 4) is 16.9 Å². The van der Waals surface area contributed by atoms with Crippen molar-refractivity contribution in [1.29, 1.82) is 0 Å². The van der Waals surface area contributed by atoms with E-state index in [0.29, 0.717) is 0 Å². The van der Waals surface area contributed by atoms with E-state index < -0.39 is 5.91 Å². The SMILES string of the molecule is NC(=O)Cc1ccc(-c2ccccc2)c(O)c1. The lowest BCUT2D eigenvalue weighted by atomic mass is 10.0. The molecule has 86 valence electrons. The molecule has 2 aromatic rings. The molecule has 0 unspecified atom stereocenters. The van der Waals surface area contributed by atoms with Crippen molar-refractivity contribution in [1.82, 2.24) is 0 Å². The number of hydrogen-bond acceptors (Lipinski definition) is 2. The number of hydrogen-bond donors (Lipinski definition) is 2. The van der Waals surface area contributed by atoms with Crippen molar-refractivity contribution in [2.75, 3.05) is 0 Å². The van der Waals surface area contributed by atoms with Crippen LogP contribution < -0.4 is 5.73 Å². The summed E-state index contributed by atoms with van der Waals surface area (Å²) in [5.74, 6) is -0.244. The van der Waals surface area contributed by atoms with E-state index in [4.69, 9.17) is 5.73 Å². The highest BCUT2D eigenvalue weighted by Crippen LogP contribution is 2.29. The largest absolute Gasteiger partial charge is 0.507 e. The number of phenols is 1. The van der Waals surface area contributed by atoms with E-state index in [2.05, 4.69) is 0 Å². The lowest BCUT2D eigenvalue weighted by molar-refractivity contribution is -0.117. The highest BCUT2D eigenvalue weighted by molar-refractivity contribution is 5.78. The van der Waals surface area contributed by atoms with Gasteiger partial charge in [0.1, 0.15) is 5.75 Å². The molecule has 0 spiro atoms. The molecule has 2 rings (SSSR count). The summed E-state index contributed by atoms with van der Waals surface area (Å²) >= 11 is 0. The summed E-state index contributed by atoms with van der Waals surface area (Å²) < 4.78 is 0. The van der Waals surface area contributed by atoms with Gasteiger partial charge in [0.25, 0.3) is 0 Å². The third-order valence-electron chi connectivity index (χ3n) is 2.53. The van der Waals surface area contributed by atoms with Gasteiger partial charge in [-0.3, -0.25) is 4.79 Å². The topological polar surface area (TPSA) is 63.3 Å². The molecule has 0 aliphatic carbocycles. The van der Waals surface area contributed by atoms with Crippen LogP contribution in [0.15, 0.2) is 48.5 Å². The zero-order chi connectivity index (χ0) is 12.3. The molecule has 3 heteroatoms. The number of nitrogens with two attached hydrogens (primary N) is 1. The minimum atomic E-state index is -0.406. The fourth-order valence-corrected chi connectivity index (χ4v) is 1.75. The summed E-state index contributed by atoms with van der Waals surface area (Å²) in [5.41, 5.74) is 7.51. The van der Waals surface area contributed by atoms with E-state index in [-0.39, 0.29) is 12.2 Å². The Morgan fingerprint density at radius 2 is 1.82 bits per heavy atom. The van der Waals surface area contributed by atoms with Crippen molar-refractivity contribution in [3.63, 3.8) is 0 Å². The number of rotatable bonds is 3. The van der Waals surface area contributed by atoms with Gasteiger partial charge < -0.3 is 10.8 Å². The van der Waals surface area contributed by atoms with Crippen LogP contribution in [0.1, 0.15) is 5.56 Å². The van der Waals surface area contributed by atoms with Crippen LogP contribution in [0.5, 0.6) is 5.75 Å². The third-order valence-corrected chi connectivity index (χ3v) is 2.53. The first kappa shape index (κ1) is 11.2. The molecule has 0 saturated carbocycles. The van der Waals surface area contributed by atoms with Crippen LogP contribution in [0.2, 0.25) is 0 Å². The standard InChI is InChI=1S/C14H13NO2/c15-14(17)9-10-6-7-12(13(16)8-10)11-4-2-1-3-5-11/h1-8,16H,9H2,(H2,15,17). The number of phenolic OH excluding ortho intramolecular Hbond substituents is 1. The van der Waals surface area contributed by atoms with E-state index in [1.807, 2.05) is 30.3 Å². The van der Waals surface area contributed by atoms with Crippen LogP contribution in [-0.4, -0.2) is 11.0 Å². The van der Waals surface area contributed by atoms with E-state index >= 15 is 0 Å². The van der Waals surface area contributed by atoms with Gasteiger partial charge in [-0.15, -0.1) is 0 Å². The summed E-state index contributed by atoms with van der Waals surface area (Å²) in [6, 6.07) is 14.7. The maximum atomic E-state index is 10.8. The lowest BCUT2D eigenvalue weighted by Crippen LogP contribution is -2.13. The molecule has 1 amide bonds. The Kier molecular flexibility index (Phi) is 3.10. The van der Waals surface area contributed by atoms with Crippen molar-refractivity contribution in [3.05, 3.63) is 54.1 Å². The zero-order valence-electron chi connectivity index (χ0n) is 9.26. The summed E-state index contributed by atoms with van der Waals surface area (Å²) in [6.45, 7) is 0. The summed E-state index contributed by atoms with van der Waals surface area (Å²) in [7, 11) is 0. The molecule has 0 heterocycles. The van der Waals surface area contributed by atoms with Crippen LogP contribution in [-0.2, 0) is 11.2 Å². The van der Waals surface area contributed by atoms with Gasteiger partial charge in [-0.05, 0) is 17.2 Å². The Bertz CT molecular complexity index is 535. The number of primary amides is 1. The molecule has 0 radical (unpaired) electrons. The van der Waals surface area contributed by atoms with Gasteiger partial charge in [0.2, 0.25) is 5.91 Å². The second-order valence-electron chi connectivity index (χ2n) is 3.86. The first-order valence-electron chi connectivity index (χ1n) is 5.32. The molecular formula is C14H13NO2. The Labute approximate surface area is 99.5 Å². The predicted octanol–water partition coefficient (Wildman–Crippen LogP) is 2.09. The molecule has 0 bridgehead atoms. The average Bonchev–Trinajstić information content (AvgIpc) is 2.29. The number of carbonyl (C=O) groups is 1. The second kappa shape index (κ2) is 4.70. The summed E-state index contributed by atoms with van der Waals surface area (Å²) in [5, 5.41) is 9.91. The monoisotopic (exact) mass is 227 g/mol. The molecule has 3 nitrogen and oxygen atoms in total. The van der Waals surface area contributed by atoms with E-state index in [0.717, 1.165) is 16.7 Å². The van der Waals surface area contributed by atoms with Gasteiger partial charge in [-0.2, -0.15) is 0 Å². The van der Waals surface area contributed by atoms with Crippen LogP contribution in [0.3, 0.4) is 0 Å². The number of benzene rings is 2. The maximum absolute atomic E-state index is 10.8. The molecule has 17 heavy (non-hydrogen) atoms. The van der Waals surface area contributed by atoms with Gasteiger partial charge in [-0.1, -0.05) is 42.5 Å². The fourth-order valence-electron chi connectivity index (χ4n) is 1.75.